The first kappa shape index (κ1) is 20.7. The van der Waals surface area contributed by atoms with Crippen molar-refractivity contribution in [1.82, 2.24) is 9.88 Å². The third-order valence-electron chi connectivity index (χ3n) is 5.22. The molecule has 154 valence electrons. The molecule has 1 saturated heterocycles. The molecule has 4 rings (SSSR count). The van der Waals surface area contributed by atoms with Gasteiger partial charge in [0, 0.05) is 55.3 Å². The molecule has 2 aromatic carbocycles. The van der Waals surface area contributed by atoms with Crippen molar-refractivity contribution in [3.05, 3.63) is 88.2 Å². The van der Waals surface area contributed by atoms with Crippen molar-refractivity contribution >= 4 is 40.5 Å². The molecule has 0 spiro atoms. The maximum absolute atomic E-state index is 12.4. The van der Waals surface area contributed by atoms with Crippen LogP contribution in [0.2, 0.25) is 10.2 Å². The van der Waals surface area contributed by atoms with Crippen LogP contribution in [0.25, 0.3) is 0 Å². The number of hydrogen-bond acceptors (Lipinski definition) is 4. The second-order valence-corrected chi connectivity index (χ2v) is 7.96. The molecule has 0 unspecified atom stereocenters. The van der Waals surface area contributed by atoms with E-state index in [0.717, 1.165) is 49.1 Å². The van der Waals surface area contributed by atoms with Crippen LogP contribution in [0.5, 0.6) is 0 Å². The molecule has 1 amide bonds. The molecule has 5 nitrogen and oxygen atoms in total. The topological polar surface area (TPSA) is 48.5 Å². The fourth-order valence-corrected chi connectivity index (χ4v) is 3.94. The highest BCUT2D eigenvalue weighted by Crippen LogP contribution is 2.22. The van der Waals surface area contributed by atoms with Crippen molar-refractivity contribution in [2.24, 2.45) is 0 Å². The number of pyridine rings is 1. The Labute approximate surface area is 186 Å². The molecule has 2 heterocycles. The number of amides is 1. The van der Waals surface area contributed by atoms with E-state index in [-0.39, 0.29) is 11.1 Å². The highest BCUT2D eigenvalue weighted by molar-refractivity contribution is 6.33. The monoisotopic (exact) mass is 440 g/mol. The molecule has 0 saturated carbocycles. The van der Waals surface area contributed by atoms with Crippen LogP contribution in [0.3, 0.4) is 0 Å². The van der Waals surface area contributed by atoms with E-state index in [0.29, 0.717) is 5.56 Å². The first-order valence-electron chi connectivity index (χ1n) is 9.83. The second kappa shape index (κ2) is 9.47. The molecule has 1 N–H and O–H groups in total. The van der Waals surface area contributed by atoms with Crippen molar-refractivity contribution in [2.45, 2.75) is 6.54 Å². The van der Waals surface area contributed by atoms with E-state index in [1.165, 1.54) is 5.56 Å². The quantitative estimate of drug-likeness (QED) is 0.569. The molecular weight excluding hydrogens is 419 g/mol. The van der Waals surface area contributed by atoms with E-state index in [2.05, 4.69) is 26.2 Å². The zero-order valence-corrected chi connectivity index (χ0v) is 17.9. The van der Waals surface area contributed by atoms with E-state index in [1.807, 2.05) is 42.5 Å². The predicted molar refractivity (Wildman–Crippen MR) is 123 cm³/mol. The second-order valence-electron chi connectivity index (χ2n) is 7.20. The number of piperazine rings is 1. The molecule has 30 heavy (non-hydrogen) atoms. The van der Waals surface area contributed by atoms with Gasteiger partial charge >= 0.3 is 0 Å². The number of carbonyl (C=O) groups excluding carboxylic acids is 1. The van der Waals surface area contributed by atoms with Gasteiger partial charge in [0.1, 0.15) is 5.15 Å². The molecule has 1 aliphatic heterocycles. The highest BCUT2D eigenvalue weighted by atomic mass is 35.5. The summed E-state index contributed by atoms with van der Waals surface area (Å²) in [6, 6.07) is 19.2. The standard InChI is InChI=1S/C23H22Cl2N4O/c24-21-6-2-1-4-17(21)16-28-12-14-29(15-13-28)19-9-7-18(8-10-19)27-23(30)20-5-3-11-26-22(20)25/h1-11H,12-16H2,(H,27,30). The van der Waals surface area contributed by atoms with Gasteiger partial charge in [-0.15, -0.1) is 0 Å². The fraction of sp³-hybridized carbons (Fsp3) is 0.217. The summed E-state index contributed by atoms with van der Waals surface area (Å²) in [4.78, 5) is 21.1. The Hall–Kier alpha value is -2.60. The summed E-state index contributed by atoms with van der Waals surface area (Å²) in [6.07, 6.45) is 1.56. The van der Waals surface area contributed by atoms with Gasteiger partial charge in [0.05, 0.1) is 5.56 Å². The average Bonchev–Trinajstić information content (AvgIpc) is 2.77. The van der Waals surface area contributed by atoms with E-state index in [1.54, 1.807) is 18.3 Å². The van der Waals surface area contributed by atoms with Crippen LogP contribution < -0.4 is 10.2 Å². The van der Waals surface area contributed by atoms with Gasteiger partial charge in [-0.05, 0) is 48.0 Å². The summed E-state index contributed by atoms with van der Waals surface area (Å²) in [7, 11) is 0. The van der Waals surface area contributed by atoms with Gasteiger partial charge < -0.3 is 10.2 Å². The molecule has 7 heteroatoms. The SMILES string of the molecule is O=C(Nc1ccc(N2CCN(Cc3ccccc3Cl)CC2)cc1)c1cccnc1Cl. The molecule has 1 fully saturated rings. The van der Waals surface area contributed by atoms with Crippen LogP contribution in [0.4, 0.5) is 11.4 Å². The van der Waals surface area contributed by atoms with E-state index in [4.69, 9.17) is 23.2 Å². The first-order chi connectivity index (χ1) is 14.6. The van der Waals surface area contributed by atoms with Gasteiger partial charge in [-0.3, -0.25) is 9.69 Å². The fourth-order valence-electron chi connectivity index (χ4n) is 3.54. The Bertz CT molecular complexity index is 1020. The van der Waals surface area contributed by atoms with Gasteiger partial charge in [0.15, 0.2) is 0 Å². The van der Waals surface area contributed by atoms with Crippen molar-refractivity contribution in [3.63, 3.8) is 0 Å². The molecule has 0 aliphatic carbocycles. The van der Waals surface area contributed by atoms with Gasteiger partial charge in [0.25, 0.3) is 5.91 Å². The van der Waals surface area contributed by atoms with Crippen LogP contribution in [-0.4, -0.2) is 42.0 Å². The van der Waals surface area contributed by atoms with Crippen LogP contribution in [-0.2, 0) is 6.54 Å². The van der Waals surface area contributed by atoms with Gasteiger partial charge in [-0.1, -0.05) is 41.4 Å². The number of aromatic nitrogens is 1. The summed E-state index contributed by atoms with van der Waals surface area (Å²) < 4.78 is 0. The lowest BCUT2D eigenvalue weighted by Crippen LogP contribution is -2.46. The Morgan fingerprint density at radius 2 is 1.67 bits per heavy atom. The van der Waals surface area contributed by atoms with Crippen LogP contribution in [0.15, 0.2) is 66.9 Å². The maximum atomic E-state index is 12.4. The smallest absolute Gasteiger partial charge is 0.258 e. The Kier molecular flexibility index (Phi) is 6.53. The lowest BCUT2D eigenvalue weighted by Gasteiger charge is -2.36. The molecule has 1 aromatic heterocycles. The van der Waals surface area contributed by atoms with Crippen molar-refractivity contribution in [2.75, 3.05) is 36.4 Å². The number of benzene rings is 2. The lowest BCUT2D eigenvalue weighted by molar-refractivity contribution is 0.102. The summed E-state index contributed by atoms with van der Waals surface area (Å²) in [5, 5.41) is 3.89. The van der Waals surface area contributed by atoms with Gasteiger partial charge in [0.2, 0.25) is 0 Å². The number of anilines is 2. The zero-order valence-electron chi connectivity index (χ0n) is 16.4. The summed E-state index contributed by atoms with van der Waals surface area (Å²) in [5.74, 6) is -0.269. The number of halogens is 2. The summed E-state index contributed by atoms with van der Waals surface area (Å²) in [6.45, 7) is 4.71. The minimum Gasteiger partial charge on any atom is -0.369 e. The van der Waals surface area contributed by atoms with Gasteiger partial charge in [-0.2, -0.15) is 0 Å². The van der Waals surface area contributed by atoms with Crippen molar-refractivity contribution in [1.29, 1.82) is 0 Å². The average molecular weight is 441 g/mol. The maximum Gasteiger partial charge on any atom is 0.258 e. The Morgan fingerprint density at radius 1 is 0.933 bits per heavy atom. The van der Waals surface area contributed by atoms with E-state index in [9.17, 15) is 4.79 Å². The van der Waals surface area contributed by atoms with Crippen molar-refractivity contribution < 1.29 is 4.79 Å². The third kappa shape index (κ3) is 4.93. The Balaban J connectivity index is 1.32. The van der Waals surface area contributed by atoms with Gasteiger partial charge in [-0.25, -0.2) is 4.98 Å². The third-order valence-corrected chi connectivity index (χ3v) is 5.89. The minimum atomic E-state index is -0.269. The number of hydrogen-bond donors (Lipinski definition) is 1. The molecule has 0 bridgehead atoms. The van der Waals surface area contributed by atoms with Crippen molar-refractivity contribution in [3.8, 4) is 0 Å². The minimum absolute atomic E-state index is 0.196. The van der Waals surface area contributed by atoms with Crippen LogP contribution in [0, 0.1) is 0 Å². The number of nitrogens with zero attached hydrogens (tertiary/aromatic N) is 3. The van der Waals surface area contributed by atoms with E-state index >= 15 is 0 Å². The molecule has 1 aliphatic rings. The molecule has 0 radical (unpaired) electrons. The summed E-state index contributed by atoms with van der Waals surface area (Å²) in [5.41, 5.74) is 3.39. The molecule has 0 atom stereocenters. The normalized spacial score (nSPS) is 14.5. The number of nitrogens with one attached hydrogen (secondary N) is 1. The molecule has 3 aromatic rings. The Morgan fingerprint density at radius 3 is 2.37 bits per heavy atom. The predicted octanol–water partition coefficient (Wildman–Crippen LogP) is 4.96. The largest absolute Gasteiger partial charge is 0.369 e. The van der Waals surface area contributed by atoms with E-state index < -0.39 is 0 Å². The molecular formula is C23H22Cl2N4O. The highest BCUT2D eigenvalue weighted by Gasteiger charge is 2.18. The first-order valence-corrected chi connectivity index (χ1v) is 10.6. The number of rotatable bonds is 5. The zero-order chi connectivity index (χ0) is 20.9. The lowest BCUT2D eigenvalue weighted by atomic mass is 10.2. The summed E-state index contributed by atoms with van der Waals surface area (Å²) >= 11 is 12.3. The number of carbonyl (C=O) groups is 1. The van der Waals surface area contributed by atoms with Crippen LogP contribution in [0.1, 0.15) is 15.9 Å². The van der Waals surface area contributed by atoms with Crippen LogP contribution >= 0.6 is 23.2 Å².